The molecule has 2 N–H and O–H groups in total. The number of anilines is 1. The van der Waals surface area contributed by atoms with E-state index in [0.29, 0.717) is 23.3 Å². The standard InChI is InChI=1S/C32H39N3O3/c1-6-17-34-20-23(3)35(21-22(34)2)31(26-10-8-12-29(36)19-26)24(4)25-9-7-11-27(18-25)32(37)33-28-13-15-30(38-5)16-14-28/h6-16,18-19,22-24,31,36H,1,17,20-21H2,2-5H3,(H,33,37). The molecule has 0 saturated carbocycles. The minimum Gasteiger partial charge on any atom is -0.508 e. The predicted octanol–water partition coefficient (Wildman–Crippen LogP) is 6.08. The van der Waals surface area contributed by atoms with Gasteiger partial charge >= 0.3 is 0 Å². The summed E-state index contributed by atoms with van der Waals surface area (Å²) in [6.07, 6.45) is 1.97. The molecule has 1 heterocycles. The summed E-state index contributed by atoms with van der Waals surface area (Å²) in [5.41, 5.74) is 3.47. The van der Waals surface area contributed by atoms with E-state index in [1.165, 1.54) is 0 Å². The highest BCUT2D eigenvalue weighted by molar-refractivity contribution is 6.04. The molecule has 1 fully saturated rings. The third kappa shape index (κ3) is 6.26. The normalized spacial score (nSPS) is 19.9. The first-order valence-electron chi connectivity index (χ1n) is 13.3. The van der Waals surface area contributed by atoms with Crippen LogP contribution in [-0.4, -0.2) is 59.6 Å². The van der Waals surface area contributed by atoms with E-state index in [2.05, 4.69) is 54.6 Å². The highest BCUT2D eigenvalue weighted by Crippen LogP contribution is 2.39. The van der Waals surface area contributed by atoms with Crippen LogP contribution in [-0.2, 0) is 0 Å². The molecule has 200 valence electrons. The van der Waals surface area contributed by atoms with Gasteiger partial charge < -0.3 is 15.2 Å². The first kappa shape index (κ1) is 27.4. The van der Waals surface area contributed by atoms with Gasteiger partial charge in [0.05, 0.1) is 7.11 Å². The lowest BCUT2D eigenvalue weighted by Crippen LogP contribution is -2.57. The average molecular weight is 514 g/mol. The number of aromatic hydroxyl groups is 1. The number of carbonyl (C=O) groups is 1. The fraction of sp³-hybridized carbons (Fsp3) is 0.344. The van der Waals surface area contributed by atoms with Crippen molar-refractivity contribution in [3.05, 3.63) is 102 Å². The Balaban J connectivity index is 1.62. The van der Waals surface area contributed by atoms with Gasteiger partial charge in [-0.15, -0.1) is 6.58 Å². The Morgan fingerprint density at radius 3 is 2.45 bits per heavy atom. The van der Waals surface area contributed by atoms with Crippen molar-refractivity contribution in [2.24, 2.45) is 0 Å². The van der Waals surface area contributed by atoms with Gasteiger partial charge in [-0.25, -0.2) is 0 Å². The first-order chi connectivity index (χ1) is 18.3. The molecule has 6 nitrogen and oxygen atoms in total. The highest BCUT2D eigenvalue weighted by atomic mass is 16.5. The Bertz CT molecular complexity index is 1240. The summed E-state index contributed by atoms with van der Waals surface area (Å²) in [4.78, 5) is 18.1. The highest BCUT2D eigenvalue weighted by Gasteiger charge is 2.36. The van der Waals surface area contributed by atoms with Gasteiger partial charge in [-0.05, 0) is 73.5 Å². The van der Waals surface area contributed by atoms with Crippen LogP contribution in [0.25, 0.3) is 0 Å². The zero-order valence-electron chi connectivity index (χ0n) is 22.8. The van der Waals surface area contributed by atoms with Crippen molar-refractivity contribution in [2.75, 3.05) is 32.1 Å². The average Bonchev–Trinajstić information content (AvgIpc) is 2.92. The van der Waals surface area contributed by atoms with Crippen LogP contribution in [0.15, 0.2) is 85.5 Å². The van der Waals surface area contributed by atoms with Crippen LogP contribution in [0.3, 0.4) is 0 Å². The van der Waals surface area contributed by atoms with Crippen molar-refractivity contribution >= 4 is 11.6 Å². The van der Waals surface area contributed by atoms with Crippen molar-refractivity contribution in [1.29, 1.82) is 0 Å². The summed E-state index contributed by atoms with van der Waals surface area (Å²) in [5, 5.41) is 13.3. The number of phenolic OH excluding ortho intramolecular Hbond substituents is 1. The predicted molar refractivity (Wildman–Crippen MR) is 154 cm³/mol. The Hall–Kier alpha value is -3.61. The van der Waals surface area contributed by atoms with E-state index in [9.17, 15) is 9.90 Å². The number of methoxy groups -OCH3 is 1. The third-order valence-corrected chi connectivity index (χ3v) is 7.59. The second-order valence-electron chi connectivity index (χ2n) is 10.3. The van der Waals surface area contributed by atoms with Gasteiger partial charge in [-0.2, -0.15) is 0 Å². The van der Waals surface area contributed by atoms with E-state index in [0.717, 1.165) is 36.5 Å². The Morgan fingerprint density at radius 2 is 1.76 bits per heavy atom. The van der Waals surface area contributed by atoms with Crippen molar-refractivity contribution in [3.8, 4) is 11.5 Å². The molecule has 1 aliphatic heterocycles. The summed E-state index contributed by atoms with van der Waals surface area (Å²) in [7, 11) is 1.62. The smallest absolute Gasteiger partial charge is 0.255 e. The number of nitrogens with one attached hydrogen (secondary N) is 1. The molecule has 3 aromatic carbocycles. The van der Waals surface area contributed by atoms with Crippen molar-refractivity contribution in [1.82, 2.24) is 9.80 Å². The van der Waals surface area contributed by atoms with Crippen molar-refractivity contribution in [2.45, 2.75) is 44.8 Å². The number of phenols is 1. The van der Waals surface area contributed by atoms with Gasteiger partial charge in [0.1, 0.15) is 11.5 Å². The molecule has 0 aliphatic carbocycles. The molecule has 4 unspecified atom stereocenters. The molecule has 6 heteroatoms. The number of carbonyl (C=O) groups excluding carboxylic acids is 1. The lowest BCUT2D eigenvalue weighted by Gasteiger charge is -2.49. The molecule has 0 bridgehead atoms. The number of amides is 1. The molecule has 4 rings (SSSR count). The molecular weight excluding hydrogens is 474 g/mol. The van der Waals surface area contributed by atoms with E-state index in [1.54, 1.807) is 13.2 Å². The summed E-state index contributed by atoms with van der Waals surface area (Å²) < 4.78 is 5.21. The SMILES string of the molecule is C=CCN1CC(C)N(C(c2cccc(O)c2)C(C)c2cccc(C(=O)Nc3ccc(OC)cc3)c2)CC1C. The van der Waals surface area contributed by atoms with E-state index in [-0.39, 0.29) is 23.6 Å². The molecule has 4 atom stereocenters. The van der Waals surface area contributed by atoms with Crippen LogP contribution >= 0.6 is 0 Å². The maximum Gasteiger partial charge on any atom is 0.255 e. The first-order valence-corrected chi connectivity index (χ1v) is 13.3. The molecule has 1 amide bonds. The van der Waals surface area contributed by atoms with E-state index < -0.39 is 0 Å². The third-order valence-electron chi connectivity index (χ3n) is 7.59. The monoisotopic (exact) mass is 513 g/mol. The van der Waals surface area contributed by atoms with Gasteiger partial charge in [0.2, 0.25) is 0 Å². The summed E-state index contributed by atoms with van der Waals surface area (Å²) in [5.74, 6) is 0.924. The number of benzene rings is 3. The Kier molecular flexibility index (Phi) is 8.87. The molecule has 1 saturated heterocycles. The second kappa shape index (κ2) is 12.3. The summed E-state index contributed by atoms with van der Waals surface area (Å²) in [6, 6.07) is 23.5. The van der Waals surface area contributed by atoms with Gasteiger partial charge in [0, 0.05) is 54.9 Å². The van der Waals surface area contributed by atoms with Crippen LogP contribution in [0.2, 0.25) is 0 Å². The largest absolute Gasteiger partial charge is 0.508 e. The summed E-state index contributed by atoms with van der Waals surface area (Å²) >= 11 is 0. The van der Waals surface area contributed by atoms with Gasteiger partial charge in [0.25, 0.3) is 5.91 Å². The molecule has 0 radical (unpaired) electrons. The van der Waals surface area contributed by atoms with E-state index in [4.69, 9.17) is 4.74 Å². The van der Waals surface area contributed by atoms with Crippen molar-refractivity contribution in [3.63, 3.8) is 0 Å². The molecule has 0 aromatic heterocycles. The zero-order valence-corrected chi connectivity index (χ0v) is 22.8. The van der Waals surface area contributed by atoms with Crippen LogP contribution < -0.4 is 10.1 Å². The van der Waals surface area contributed by atoms with Gasteiger partial charge in [-0.1, -0.05) is 37.3 Å². The maximum atomic E-state index is 13.1. The van der Waals surface area contributed by atoms with Crippen molar-refractivity contribution < 1.29 is 14.6 Å². The maximum absolute atomic E-state index is 13.1. The number of hydrogen-bond donors (Lipinski definition) is 2. The molecular formula is C32H39N3O3. The Labute approximate surface area is 226 Å². The molecule has 0 spiro atoms. The second-order valence-corrected chi connectivity index (χ2v) is 10.3. The number of ether oxygens (including phenoxy) is 1. The number of piperazine rings is 1. The fourth-order valence-electron chi connectivity index (χ4n) is 5.53. The number of hydrogen-bond acceptors (Lipinski definition) is 5. The molecule has 38 heavy (non-hydrogen) atoms. The topological polar surface area (TPSA) is 65.0 Å². The van der Waals surface area contributed by atoms with Crippen LogP contribution in [0, 0.1) is 0 Å². The van der Waals surface area contributed by atoms with E-state index in [1.807, 2.05) is 60.7 Å². The van der Waals surface area contributed by atoms with Crippen LogP contribution in [0.1, 0.15) is 54.2 Å². The lowest BCUT2D eigenvalue weighted by atomic mass is 9.85. The molecule has 1 aliphatic rings. The molecule has 3 aromatic rings. The van der Waals surface area contributed by atoms with Crippen LogP contribution in [0.5, 0.6) is 11.5 Å². The zero-order chi connectivity index (χ0) is 27.2. The van der Waals surface area contributed by atoms with E-state index >= 15 is 0 Å². The number of nitrogens with zero attached hydrogens (tertiary/aromatic N) is 2. The minimum atomic E-state index is -0.154. The van der Waals surface area contributed by atoms with Gasteiger partial charge in [0.15, 0.2) is 0 Å². The number of rotatable bonds is 9. The quantitative estimate of drug-likeness (QED) is 0.340. The van der Waals surface area contributed by atoms with Crippen LogP contribution in [0.4, 0.5) is 5.69 Å². The minimum absolute atomic E-state index is 0.0327. The fourth-order valence-corrected chi connectivity index (χ4v) is 5.53. The lowest BCUT2D eigenvalue weighted by molar-refractivity contribution is 0.0129. The summed E-state index contributed by atoms with van der Waals surface area (Å²) in [6.45, 7) is 13.4. The Morgan fingerprint density at radius 1 is 1.05 bits per heavy atom. The van der Waals surface area contributed by atoms with Gasteiger partial charge in [-0.3, -0.25) is 14.6 Å².